The van der Waals surface area contributed by atoms with Crippen LogP contribution in [0.5, 0.6) is 0 Å². The molecule has 0 saturated carbocycles. The Morgan fingerprint density at radius 2 is 2.38 bits per heavy atom. The molecule has 0 saturated heterocycles. The van der Waals surface area contributed by atoms with Gasteiger partial charge in [0.2, 0.25) is 0 Å². The van der Waals surface area contributed by atoms with Crippen LogP contribution in [0.1, 0.15) is 30.3 Å². The van der Waals surface area contributed by atoms with E-state index >= 15 is 0 Å². The first-order chi connectivity index (χ1) is 6.11. The van der Waals surface area contributed by atoms with Crippen molar-refractivity contribution in [2.45, 2.75) is 19.8 Å². The van der Waals surface area contributed by atoms with Crippen molar-refractivity contribution in [3.05, 3.63) is 22.2 Å². The van der Waals surface area contributed by atoms with E-state index in [0.29, 0.717) is 5.92 Å². The van der Waals surface area contributed by atoms with Crippen LogP contribution in [0.15, 0.2) is 11.6 Å². The van der Waals surface area contributed by atoms with Gasteiger partial charge >= 0.3 is 5.97 Å². The molecule has 0 fully saturated rings. The molecule has 0 bridgehead atoms. The van der Waals surface area contributed by atoms with Crippen molar-refractivity contribution in [2.75, 3.05) is 0 Å². The van der Waals surface area contributed by atoms with E-state index in [1.54, 1.807) is 11.6 Å². The van der Waals surface area contributed by atoms with E-state index in [9.17, 15) is 4.79 Å². The molecule has 1 aromatic heterocycles. The van der Waals surface area contributed by atoms with E-state index in [-0.39, 0.29) is 0 Å². The number of thiazole rings is 1. The normalized spacial score (nSPS) is 11.3. The second kappa shape index (κ2) is 4.18. The molecule has 1 N–H and O–H groups in total. The summed E-state index contributed by atoms with van der Waals surface area (Å²) in [5, 5.41) is 8.44. The molecule has 1 rings (SSSR count). The molecular weight excluding hydrogens is 186 g/mol. The van der Waals surface area contributed by atoms with Gasteiger partial charge in [0.05, 0.1) is 16.1 Å². The van der Waals surface area contributed by atoms with Crippen LogP contribution in [-0.4, -0.2) is 16.1 Å². The fourth-order valence-electron chi connectivity index (χ4n) is 0.969. The van der Waals surface area contributed by atoms with Gasteiger partial charge in [-0.3, -0.25) is 0 Å². The molecule has 13 heavy (non-hydrogen) atoms. The second-order valence-electron chi connectivity index (χ2n) is 2.93. The minimum Gasteiger partial charge on any atom is -0.478 e. The average molecular weight is 197 g/mol. The maximum atomic E-state index is 10.3. The summed E-state index contributed by atoms with van der Waals surface area (Å²) in [5.41, 5.74) is 2.69. The van der Waals surface area contributed by atoms with Crippen molar-refractivity contribution in [1.82, 2.24) is 4.98 Å². The Morgan fingerprint density at radius 1 is 1.69 bits per heavy atom. The molecule has 1 heterocycles. The molecule has 0 radical (unpaired) electrons. The Bertz CT molecular complexity index is 328. The Labute approximate surface area is 80.7 Å². The van der Waals surface area contributed by atoms with Crippen molar-refractivity contribution in [3.63, 3.8) is 0 Å². The molecular formula is C9H11NO2S. The lowest BCUT2D eigenvalue weighted by Crippen LogP contribution is -1.90. The molecule has 0 unspecified atom stereocenters. The maximum absolute atomic E-state index is 10.3. The number of aromatic nitrogens is 1. The number of aliphatic carboxylic acids is 1. The average Bonchev–Trinajstić information content (AvgIpc) is 2.47. The number of carbonyl (C=O) groups is 1. The van der Waals surface area contributed by atoms with E-state index < -0.39 is 5.97 Å². The number of carboxylic acids is 1. The smallest absolute Gasteiger partial charge is 0.328 e. The summed E-state index contributed by atoms with van der Waals surface area (Å²) in [4.78, 5) is 15.4. The van der Waals surface area contributed by atoms with E-state index in [1.807, 2.05) is 13.8 Å². The summed E-state index contributed by atoms with van der Waals surface area (Å²) in [6.07, 6.45) is 2.73. The highest BCUT2D eigenvalue weighted by molar-refractivity contribution is 7.10. The fourth-order valence-corrected chi connectivity index (χ4v) is 1.80. The lowest BCUT2D eigenvalue weighted by molar-refractivity contribution is -0.131. The van der Waals surface area contributed by atoms with E-state index in [1.165, 1.54) is 11.3 Å². The SMILES string of the molecule is CC(C)c1ncsc1/C=C/C(=O)O. The maximum Gasteiger partial charge on any atom is 0.328 e. The Kier molecular flexibility index (Phi) is 3.19. The zero-order valence-corrected chi connectivity index (χ0v) is 8.34. The minimum absolute atomic E-state index is 0.333. The van der Waals surface area contributed by atoms with Gasteiger partial charge in [0.25, 0.3) is 0 Å². The van der Waals surface area contributed by atoms with Gasteiger partial charge < -0.3 is 5.11 Å². The lowest BCUT2D eigenvalue weighted by Gasteiger charge is -2.00. The Balaban J connectivity index is 2.88. The molecule has 4 heteroatoms. The quantitative estimate of drug-likeness (QED) is 0.757. The van der Waals surface area contributed by atoms with Crippen molar-refractivity contribution in [1.29, 1.82) is 0 Å². The fraction of sp³-hybridized carbons (Fsp3) is 0.333. The van der Waals surface area contributed by atoms with Crippen LogP contribution < -0.4 is 0 Å². The standard InChI is InChI=1S/C9H11NO2S/c1-6(2)9-7(13-5-10-9)3-4-8(11)12/h3-6H,1-2H3,(H,11,12)/b4-3+. The van der Waals surface area contributed by atoms with Crippen molar-refractivity contribution >= 4 is 23.4 Å². The van der Waals surface area contributed by atoms with Gasteiger partial charge in [0.1, 0.15) is 0 Å². The summed E-state index contributed by atoms with van der Waals surface area (Å²) < 4.78 is 0. The summed E-state index contributed by atoms with van der Waals surface area (Å²) in [6, 6.07) is 0. The third kappa shape index (κ3) is 2.66. The highest BCUT2D eigenvalue weighted by atomic mass is 32.1. The molecule has 70 valence electrons. The van der Waals surface area contributed by atoms with Crippen LogP contribution in [0.2, 0.25) is 0 Å². The van der Waals surface area contributed by atoms with Crippen molar-refractivity contribution < 1.29 is 9.90 Å². The molecule has 0 amide bonds. The van der Waals surface area contributed by atoms with Crippen LogP contribution >= 0.6 is 11.3 Å². The minimum atomic E-state index is -0.928. The number of hydrogen-bond donors (Lipinski definition) is 1. The number of nitrogens with zero attached hydrogens (tertiary/aromatic N) is 1. The zero-order chi connectivity index (χ0) is 9.84. The van der Waals surface area contributed by atoms with Gasteiger partial charge in [-0.2, -0.15) is 0 Å². The molecule has 3 nitrogen and oxygen atoms in total. The van der Waals surface area contributed by atoms with Gasteiger partial charge in [-0.1, -0.05) is 13.8 Å². The highest BCUT2D eigenvalue weighted by Gasteiger charge is 2.07. The van der Waals surface area contributed by atoms with Gasteiger partial charge in [0.15, 0.2) is 0 Å². The van der Waals surface area contributed by atoms with Gasteiger partial charge in [-0.25, -0.2) is 9.78 Å². The summed E-state index contributed by atoms with van der Waals surface area (Å²) >= 11 is 1.46. The first-order valence-electron chi connectivity index (χ1n) is 3.95. The molecule has 1 aromatic rings. The summed E-state index contributed by atoms with van der Waals surface area (Å²) in [6.45, 7) is 4.07. The largest absolute Gasteiger partial charge is 0.478 e. The van der Waals surface area contributed by atoms with Gasteiger partial charge in [-0.15, -0.1) is 11.3 Å². The molecule has 0 aliphatic carbocycles. The van der Waals surface area contributed by atoms with E-state index in [0.717, 1.165) is 16.6 Å². The van der Waals surface area contributed by atoms with Crippen molar-refractivity contribution in [3.8, 4) is 0 Å². The van der Waals surface area contributed by atoms with Crippen LogP contribution in [-0.2, 0) is 4.79 Å². The van der Waals surface area contributed by atoms with Crippen molar-refractivity contribution in [2.24, 2.45) is 0 Å². The third-order valence-corrected chi connectivity index (χ3v) is 2.36. The molecule has 0 aromatic carbocycles. The second-order valence-corrected chi connectivity index (χ2v) is 3.81. The predicted octanol–water partition coefficient (Wildman–Crippen LogP) is 2.36. The van der Waals surface area contributed by atoms with E-state index in [4.69, 9.17) is 5.11 Å². The topological polar surface area (TPSA) is 50.2 Å². The predicted molar refractivity (Wildman–Crippen MR) is 52.9 cm³/mol. The molecule has 0 aliphatic heterocycles. The van der Waals surface area contributed by atoms with Crippen LogP contribution in [0.25, 0.3) is 6.08 Å². The van der Waals surface area contributed by atoms with Crippen LogP contribution in [0, 0.1) is 0 Å². The Morgan fingerprint density at radius 3 is 2.92 bits per heavy atom. The molecule has 0 atom stereocenters. The highest BCUT2D eigenvalue weighted by Crippen LogP contribution is 2.22. The number of hydrogen-bond acceptors (Lipinski definition) is 3. The number of carboxylic acid groups (broad SMARTS) is 1. The zero-order valence-electron chi connectivity index (χ0n) is 7.52. The molecule has 0 aliphatic rings. The lowest BCUT2D eigenvalue weighted by atomic mass is 10.1. The van der Waals surface area contributed by atoms with Crippen LogP contribution in [0.3, 0.4) is 0 Å². The monoisotopic (exact) mass is 197 g/mol. The Hall–Kier alpha value is -1.16. The summed E-state index contributed by atoms with van der Waals surface area (Å²) in [5.74, 6) is -0.595. The van der Waals surface area contributed by atoms with Gasteiger partial charge in [-0.05, 0) is 12.0 Å². The summed E-state index contributed by atoms with van der Waals surface area (Å²) in [7, 11) is 0. The number of rotatable bonds is 3. The van der Waals surface area contributed by atoms with Gasteiger partial charge in [0, 0.05) is 6.08 Å². The molecule has 0 spiro atoms. The van der Waals surface area contributed by atoms with E-state index in [2.05, 4.69) is 4.98 Å². The third-order valence-electron chi connectivity index (χ3n) is 1.55. The van der Waals surface area contributed by atoms with Crippen LogP contribution in [0.4, 0.5) is 0 Å². The first kappa shape index (κ1) is 9.92. The first-order valence-corrected chi connectivity index (χ1v) is 4.83.